The first-order valence-corrected chi connectivity index (χ1v) is 7.64. The number of rotatable bonds is 5. The van der Waals surface area contributed by atoms with E-state index in [4.69, 9.17) is 4.74 Å². The van der Waals surface area contributed by atoms with E-state index >= 15 is 0 Å². The quantitative estimate of drug-likeness (QED) is 0.788. The molecule has 3 rings (SSSR count). The van der Waals surface area contributed by atoms with Crippen LogP contribution in [0.4, 0.5) is 0 Å². The summed E-state index contributed by atoms with van der Waals surface area (Å²) in [6.07, 6.45) is 3.80. The minimum Gasteiger partial charge on any atom is -0.497 e. The van der Waals surface area contributed by atoms with Crippen LogP contribution in [0.5, 0.6) is 5.75 Å². The van der Waals surface area contributed by atoms with Gasteiger partial charge in [-0.25, -0.2) is 4.98 Å². The number of nitrogens with one attached hydrogen (secondary N) is 1. The van der Waals surface area contributed by atoms with Gasteiger partial charge in [0.05, 0.1) is 7.11 Å². The van der Waals surface area contributed by atoms with E-state index in [2.05, 4.69) is 10.3 Å². The Morgan fingerprint density at radius 2 is 2.00 bits per heavy atom. The van der Waals surface area contributed by atoms with Crippen molar-refractivity contribution in [2.24, 2.45) is 0 Å². The van der Waals surface area contributed by atoms with Crippen LogP contribution in [-0.4, -0.2) is 22.6 Å². The summed E-state index contributed by atoms with van der Waals surface area (Å²) < 4.78 is 6.98. The predicted octanol–water partition coefficient (Wildman–Crippen LogP) is 2.87. The minimum absolute atomic E-state index is 0.175. The zero-order chi connectivity index (χ0) is 15.4. The molecule has 0 spiro atoms. The van der Waals surface area contributed by atoms with Gasteiger partial charge in [-0.1, -0.05) is 12.1 Å². The van der Waals surface area contributed by atoms with Gasteiger partial charge in [-0.05, 0) is 29.8 Å². The molecule has 3 aromatic rings. The van der Waals surface area contributed by atoms with E-state index in [0.29, 0.717) is 12.2 Å². The molecule has 0 atom stereocenters. The molecule has 0 saturated carbocycles. The van der Waals surface area contributed by atoms with Crippen molar-refractivity contribution in [1.82, 2.24) is 14.9 Å². The van der Waals surface area contributed by atoms with Gasteiger partial charge in [-0.15, -0.1) is 11.3 Å². The van der Waals surface area contributed by atoms with E-state index in [-0.39, 0.29) is 5.91 Å². The van der Waals surface area contributed by atoms with Crippen LogP contribution in [0.3, 0.4) is 0 Å². The number of methoxy groups -OCH3 is 1. The topological polar surface area (TPSA) is 56.1 Å². The van der Waals surface area contributed by atoms with E-state index in [0.717, 1.165) is 16.4 Å². The molecule has 0 aliphatic rings. The first-order valence-electron chi connectivity index (χ1n) is 6.76. The molecule has 1 aromatic carbocycles. The van der Waals surface area contributed by atoms with Crippen molar-refractivity contribution in [3.63, 3.8) is 0 Å². The van der Waals surface area contributed by atoms with Crippen LogP contribution in [0.15, 0.2) is 54.2 Å². The molecule has 0 unspecified atom stereocenters. The molecule has 0 fully saturated rings. The third kappa shape index (κ3) is 3.17. The fraction of sp³-hybridized carbons (Fsp3) is 0.125. The van der Waals surface area contributed by atoms with Gasteiger partial charge in [0.15, 0.2) is 5.13 Å². The van der Waals surface area contributed by atoms with Crippen LogP contribution in [0.25, 0.3) is 5.13 Å². The lowest BCUT2D eigenvalue weighted by Crippen LogP contribution is -2.23. The van der Waals surface area contributed by atoms with Crippen molar-refractivity contribution in [2.45, 2.75) is 6.54 Å². The van der Waals surface area contributed by atoms with Crippen LogP contribution in [0.2, 0.25) is 0 Å². The van der Waals surface area contributed by atoms with Crippen LogP contribution in [0, 0.1) is 0 Å². The Labute approximate surface area is 132 Å². The first kappa shape index (κ1) is 14.3. The normalized spacial score (nSPS) is 10.4. The van der Waals surface area contributed by atoms with Crippen molar-refractivity contribution in [3.8, 4) is 10.9 Å². The van der Waals surface area contributed by atoms with Crippen molar-refractivity contribution in [2.75, 3.05) is 7.11 Å². The summed E-state index contributed by atoms with van der Waals surface area (Å²) in [5, 5.41) is 5.41. The molecule has 1 N–H and O–H groups in total. The number of aromatic nitrogens is 2. The highest BCUT2D eigenvalue weighted by molar-refractivity contribution is 7.12. The van der Waals surface area contributed by atoms with Crippen LogP contribution >= 0.6 is 11.3 Å². The summed E-state index contributed by atoms with van der Waals surface area (Å²) >= 11 is 1.44. The Morgan fingerprint density at radius 3 is 2.68 bits per heavy atom. The molecule has 0 aliphatic carbocycles. The molecular formula is C16H15N3O2S. The maximum Gasteiger partial charge on any atom is 0.271 e. The largest absolute Gasteiger partial charge is 0.497 e. The van der Waals surface area contributed by atoms with Crippen molar-refractivity contribution in [1.29, 1.82) is 0 Å². The minimum atomic E-state index is -0.175. The fourth-order valence-corrected chi connectivity index (χ4v) is 2.74. The average molecular weight is 313 g/mol. The van der Waals surface area contributed by atoms with Gasteiger partial charge in [0.2, 0.25) is 0 Å². The van der Waals surface area contributed by atoms with E-state index < -0.39 is 0 Å². The number of carbonyl (C=O) groups excluding carboxylic acids is 1. The maximum absolute atomic E-state index is 12.1. The van der Waals surface area contributed by atoms with E-state index in [1.165, 1.54) is 11.3 Å². The smallest absolute Gasteiger partial charge is 0.271 e. The molecular weight excluding hydrogens is 298 g/mol. The van der Waals surface area contributed by atoms with E-state index in [1.54, 1.807) is 12.5 Å². The summed E-state index contributed by atoms with van der Waals surface area (Å²) in [7, 11) is 1.63. The lowest BCUT2D eigenvalue weighted by atomic mass is 10.2. The number of amides is 1. The molecule has 0 saturated heterocycles. The molecule has 0 radical (unpaired) electrons. The van der Waals surface area contributed by atoms with Gasteiger partial charge in [0.1, 0.15) is 11.4 Å². The molecule has 5 nitrogen and oxygen atoms in total. The third-order valence-electron chi connectivity index (χ3n) is 3.16. The highest BCUT2D eigenvalue weighted by atomic mass is 32.1. The summed E-state index contributed by atoms with van der Waals surface area (Å²) in [4.78, 5) is 16.5. The fourth-order valence-electron chi connectivity index (χ4n) is 1.97. The summed E-state index contributed by atoms with van der Waals surface area (Å²) in [5.74, 6) is 0.622. The van der Waals surface area contributed by atoms with Crippen molar-refractivity contribution in [3.05, 3.63) is 65.4 Å². The number of hydrogen-bond donors (Lipinski definition) is 1. The summed E-state index contributed by atoms with van der Waals surface area (Å²) in [5.41, 5.74) is 1.44. The second-order valence-corrected chi connectivity index (χ2v) is 5.47. The lowest BCUT2D eigenvalue weighted by Gasteiger charge is -2.05. The lowest BCUT2D eigenvalue weighted by molar-refractivity contribution is 0.0946. The second-order valence-electron chi connectivity index (χ2n) is 4.64. The van der Waals surface area contributed by atoms with Crippen LogP contribution in [0.1, 0.15) is 16.1 Å². The van der Waals surface area contributed by atoms with Gasteiger partial charge < -0.3 is 14.6 Å². The second kappa shape index (κ2) is 6.44. The Balaban J connectivity index is 1.62. The monoisotopic (exact) mass is 313 g/mol. The Kier molecular flexibility index (Phi) is 4.20. The number of benzene rings is 1. The zero-order valence-electron chi connectivity index (χ0n) is 12.0. The Morgan fingerprint density at radius 1 is 1.27 bits per heavy atom. The molecule has 2 heterocycles. The molecule has 2 aromatic heterocycles. The molecule has 6 heteroatoms. The number of nitrogens with zero attached hydrogens (tertiary/aromatic N) is 2. The van der Waals surface area contributed by atoms with Crippen LogP contribution < -0.4 is 10.1 Å². The molecule has 1 amide bonds. The van der Waals surface area contributed by atoms with E-state index in [1.807, 2.05) is 53.4 Å². The molecule has 0 aliphatic heterocycles. The maximum atomic E-state index is 12.1. The molecule has 112 valence electrons. The third-order valence-corrected chi connectivity index (χ3v) is 4.02. The Hall–Kier alpha value is -2.60. The number of thiazole rings is 1. The van der Waals surface area contributed by atoms with Gasteiger partial charge in [-0.3, -0.25) is 4.79 Å². The highest BCUT2D eigenvalue weighted by Gasteiger charge is 2.11. The van der Waals surface area contributed by atoms with Gasteiger partial charge in [0, 0.05) is 24.3 Å². The SMILES string of the molecule is COc1ccc(CNC(=O)c2csc(-n3cccc3)n2)cc1. The van der Waals surface area contributed by atoms with Crippen molar-refractivity contribution < 1.29 is 9.53 Å². The number of hydrogen-bond acceptors (Lipinski definition) is 4. The van der Waals surface area contributed by atoms with Crippen molar-refractivity contribution >= 4 is 17.2 Å². The number of carbonyl (C=O) groups is 1. The highest BCUT2D eigenvalue weighted by Crippen LogP contribution is 2.15. The van der Waals surface area contributed by atoms with E-state index in [9.17, 15) is 4.79 Å². The average Bonchev–Trinajstić information content (AvgIpc) is 3.23. The van der Waals surface area contributed by atoms with Gasteiger partial charge in [0.25, 0.3) is 5.91 Å². The zero-order valence-corrected chi connectivity index (χ0v) is 12.8. The predicted molar refractivity (Wildman–Crippen MR) is 85.6 cm³/mol. The summed E-state index contributed by atoms with van der Waals surface area (Å²) in [6, 6.07) is 11.4. The molecule has 22 heavy (non-hydrogen) atoms. The summed E-state index contributed by atoms with van der Waals surface area (Å²) in [6.45, 7) is 0.458. The molecule has 0 bridgehead atoms. The standard InChI is InChI=1S/C16H15N3O2S/c1-21-13-6-4-12(5-7-13)10-17-15(20)14-11-22-16(18-14)19-8-2-3-9-19/h2-9,11H,10H2,1H3,(H,17,20). The first-order chi connectivity index (χ1) is 10.8. The van der Waals surface area contributed by atoms with Gasteiger partial charge in [-0.2, -0.15) is 0 Å². The Bertz CT molecular complexity index is 748. The van der Waals surface area contributed by atoms with Crippen LogP contribution in [-0.2, 0) is 6.54 Å². The number of ether oxygens (including phenoxy) is 1. The van der Waals surface area contributed by atoms with Gasteiger partial charge >= 0.3 is 0 Å².